The molecule has 0 bridgehead atoms. The zero-order chi connectivity index (χ0) is 11.1. The fourth-order valence-corrected chi connectivity index (χ4v) is 1.46. The number of ether oxygens (including phenoxy) is 1. The number of hydrogen-bond acceptors (Lipinski definition) is 3. The van der Waals surface area contributed by atoms with E-state index in [0.717, 1.165) is 25.6 Å². The number of aromatic nitrogens is 2. The van der Waals surface area contributed by atoms with Crippen LogP contribution < -0.4 is 5.32 Å². The van der Waals surface area contributed by atoms with Gasteiger partial charge in [0.15, 0.2) is 0 Å². The zero-order valence-corrected chi connectivity index (χ0v) is 9.44. The van der Waals surface area contributed by atoms with Crippen LogP contribution in [0.15, 0.2) is 25.0 Å². The summed E-state index contributed by atoms with van der Waals surface area (Å²) in [5, 5.41) is 3.18. The first-order valence-corrected chi connectivity index (χ1v) is 5.12. The number of rotatable bonds is 7. The monoisotopic (exact) mass is 209 g/mol. The van der Waals surface area contributed by atoms with E-state index in [-0.39, 0.29) is 0 Å². The largest absolute Gasteiger partial charge is 0.384 e. The summed E-state index contributed by atoms with van der Waals surface area (Å²) in [5.74, 6) is 1.37. The number of anilines is 1. The summed E-state index contributed by atoms with van der Waals surface area (Å²) in [5.41, 5.74) is 0. The van der Waals surface area contributed by atoms with Crippen molar-refractivity contribution in [2.24, 2.45) is 5.92 Å². The maximum Gasteiger partial charge on any atom is 0.203 e. The van der Waals surface area contributed by atoms with Crippen LogP contribution in [0.4, 0.5) is 5.95 Å². The molecule has 1 unspecified atom stereocenters. The van der Waals surface area contributed by atoms with Gasteiger partial charge in [-0.2, -0.15) is 0 Å². The average Bonchev–Trinajstić information content (AvgIpc) is 2.63. The van der Waals surface area contributed by atoms with E-state index in [1.807, 2.05) is 12.3 Å². The van der Waals surface area contributed by atoms with E-state index in [9.17, 15) is 0 Å². The first kappa shape index (κ1) is 11.8. The third-order valence-corrected chi connectivity index (χ3v) is 2.08. The van der Waals surface area contributed by atoms with Crippen molar-refractivity contribution in [1.82, 2.24) is 9.55 Å². The van der Waals surface area contributed by atoms with Gasteiger partial charge in [0.05, 0.1) is 6.61 Å². The molecule has 0 amide bonds. The summed E-state index contributed by atoms with van der Waals surface area (Å²) in [6, 6.07) is 0. The van der Waals surface area contributed by atoms with Crippen LogP contribution in [-0.2, 0) is 11.3 Å². The predicted octanol–water partition coefficient (Wildman–Crippen LogP) is 1.76. The van der Waals surface area contributed by atoms with Crippen molar-refractivity contribution in [3.05, 3.63) is 25.0 Å². The Labute approximate surface area is 91.0 Å². The lowest BCUT2D eigenvalue weighted by Crippen LogP contribution is -2.14. The van der Waals surface area contributed by atoms with Gasteiger partial charge in [-0.3, -0.25) is 0 Å². The molecule has 1 atom stereocenters. The number of hydrogen-bond donors (Lipinski definition) is 1. The third-order valence-electron chi connectivity index (χ3n) is 2.08. The van der Waals surface area contributed by atoms with Crippen molar-refractivity contribution in [2.45, 2.75) is 13.5 Å². The molecule has 0 saturated carbocycles. The maximum atomic E-state index is 5.10. The molecule has 1 heterocycles. The molecule has 4 heteroatoms. The Hall–Kier alpha value is -1.29. The topological polar surface area (TPSA) is 39.1 Å². The fraction of sp³-hybridized carbons (Fsp3) is 0.545. The highest BCUT2D eigenvalue weighted by atomic mass is 16.5. The van der Waals surface area contributed by atoms with Gasteiger partial charge in [-0.25, -0.2) is 4.98 Å². The Morgan fingerprint density at radius 3 is 3.20 bits per heavy atom. The second kappa shape index (κ2) is 6.24. The second-order valence-corrected chi connectivity index (χ2v) is 3.63. The average molecular weight is 209 g/mol. The van der Waals surface area contributed by atoms with E-state index in [1.54, 1.807) is 13.3 Å². The smallest absolute Gasteiger partial charge is 0.203 e. The van der Waals surface area contributed by atoms with Gasteiger partial charge >= 0.3 is 0 Å². The lowest BCUT2D eigenvalue weighted by atomic mass is 10.2. The van der Waals surface area contributed by atoms with Crippen molar-refractivity contribution >= 4 is 5.95 Å². The highest BCUT2D eigenvalue weighted by Gasteiger charge is 2.06. The van der Waals surface area contributed by atoms with Crippen LogP contribution in [0.5, 0.6) is 0 Å². The fourth-order valence-electron chi connectivity index (χ4n) is 1.46. The summed E-state index contributed by atoms with van der Waals surface area (Å²) in [6.45, 7) is 8.22. The van der Waals surface area contributed by atoms with Gasteiger partial charge in [-0.15, -0.1) is 6.58 Å². The predicted molar refractivity (Wildman–Crippen MR) is 62.0 cm³/mol. The molecule has 0 aliphatic carbocycles. The van der Waals surface area contributed by atoms with Gasteiger partial charge in [0.25, 0.3) is 0 Å². The second-order valence-electron chi connectivity index (χ2n) is 3.63. The first-order chi connectivity index (χ1) is 7.27. The molecule has 15 heavy (non-hydrogen) atoms. The molecule has 0 saturated heterocycles. The van der Waals surface area contributed by atoms with Crippen molar-refractivity contribution in [2.75, 3.05) is 25.6 Å². The third kappa shape index (κ3) is 3.75. The minimum atomic E-state index is 0.480. The quantitative estimate of drug-likeness (QED) is 0.695. The van der Waals surface area contributed by atoms with E-state index in [4.69, 9.17) is 4.74 Å². The van der Waals surface area contributed by atoms with E-state index in [0.29, 0.717) is 5.92 Å². The summed E-state index contributed by atoms with van der Waals surface area (Å²) >= 11 is 0. The van der Waals surface area contributed by atoms with Crippen LogP contribution in [0.25, 0.3) is 0 Å². The molecule has 0 radical (unpaired) electrons. The van der Waals surface area contributed by atoms with E-state index < -0.39 is 0 Å². The van der Waals surface area contributed by atoms with Crippen LogP contribution >= 0.6 is 0 Å². The minimum Gasteiger partial charge on any atom is -0.384 e. The molecule has 1 aromatic rings. The molecule has 1 rings (SSSR count). The summed E-state index contributed by atoms with van der Waals surface area (Å²) in [7, 11) is 1.72. The Kier molecular flexibility index (Phi) is 4.90. The molecule has 1 N–H and O–H groups in total. The van der Waals surface area contributed by atoms with E-state index in [2.05, 4.69) is 28.4 Å². The van der Waals surface area contributed by atoms with E-state index >= 15 is 0 Å². The van der Waals surface area contributed by atoms with Gasteiger partial charge in [0.2, 0.25) is 5.95 Å². The van der Waals surface area contributed by atoms with Crippen LogP contribution in [-0.4, -0.2) is 29.8 Å². The van der Waals surface area contributed by atoms with Crippen LogP contribution in [0.2, 0.25) is 0 Å². The van der Waals surface area contributed by atoms with Gasteiger partial charge in [0.1, 0.15) is 0 Å². The van der Waals surface area contributed by atoms with E-state index in [1.165, 1.54) is 0 Å². The highest BCUT2D eigenvalue weighted by molar-refractivity contribution is 5.26. The Balaban J connectivity index is 2.52. The first-order valence-electron chi connectivity index (χ1n) is 5.12. The molecule has 0 aliphatic rings. The summed E-state index contributed by atoms with van der Waals surface area (Å²) in [4.78, 5) is 4.23. The molecule has 4 nitrogen and oxygen atoms in total. The normalized spacial score (nSPS) is 12.4. The lowest BCUT2D eigenvalue weighted by molar-refractivity contribution is 0.151. The van der Waals surface area contributed by atoms with Crippen LogP contribution in [0.3, 0.4) is 0 Å². The number of imidazole rings is 1. The molecule has 84 valence electrons. The SMILES string of the molecule is C=CCNc1nccn1CC(C)COC. The maximum absolute atomic E-state index is 5.10. The standard InChI is InChI=1S/C11H19N3O/c1-4-5-12-11-13-6-7-14(11)8-10(2)9-15-3/h4,6-7,10H,1,5,8-9H2,2-3H3,(H,12,13). The van der Waals surface area contributed by atoms with Crippen LogP contribution in [0, 0.1) is 5.92 Å². The molecular formula is C11H19N3O. The zero-order valence-electron chi connectivity index (χ0n) is 9.44. The number of nitrogens with one attached hydrogen (secondary N) is 1. The van der Waals surface area contributed by atoms with Gasteiger partial charge in [-0.05, 0) is 5.92 Å². The Bertz CT molecular complexity index is 296. The number of nitrogens with zero attached hydrogens (tertiary/aromatic N) is 2. The van der Waals surface area contributed by atoms with Crippen molar-refractivity contribution in [3.63, 3.8) is 0 Å². The van der Waals surface area contributed by atoms with Gasteiger partial charge in [-0.1, -0.05) is 13.0 Å². The summed E-state index contributed by atoms with van der Waals surface area (Å²) in [6.07, 6.45) is 5.58. The molecule has 0 aromatic carbocycles. The molecule has 1 aromatic heterocycles. The van der Waals surface area contributed by atoms with Crippen molar-refractivity contribution in [3.8, 4) is 0 Å². The summed E-state index contributed by atoms with van der Waals surface area (Å²) < 4.78 is 7.19. The molecule has 0 aliphatic heterocycles. The highest BCUT2D eigenvalue weighted by Crippen LogP contribution is 2.08. The van der Waals surface area contributed by atoms with Crippen molar-refractivity contribution in [1.29, 1.82) is 0 Å². The lowest BCUT2D eigenvalue weighted by Gasteiger charge is -2.13. The number of methoxy groups -OCH3 is 1. The van der Waals surface area contributed by atoms with Gasteiger partial charge < -0.3 is 14.6 Å². The molecular weight excluding hydrogens is 190 g/mol. The Morgan fingerprint density at radius 2 is 2.53 bits per heavy atom. The van der Waals surface area contributed by atoms with Crippen LogP contribution in [0.1, 0.15) is 6.92 Å². The minimum absolute atomic E-state index is 0.480. The molecule has 0 fully saturated rings. The van der Waals surface area contributed by atoms with Crippen molar-refractivity contribution < 1.29 is 4.74 Å². The Morgan fingerprint density at radius 1 is 1.73 bits per heavy atom. The molecule has 0 spiro atoms. The van der Waals surface area contributed by atoms with Gasteiger partial charge in [0, 0.05) is 32.6 Å².